The summed E-state index contributed by atoms with van der Waals surface area (Å²) in [5, 5.41) is 0. The first kappa shape index (κ1) is 39.3. The Morgan fingerprint density at radius 2 is 0.857 bits per heavy atom. The molecule has 0 aliphatic heterocycles. The minimum atomic E-state index is -0.696. The predicted octanol–water partition coefficient (Wildman–Crippen LogP) is 8.38. The van der Waals surface area contributed by atoms with Crippen molar-refractivity contribution >= 4 is 18.0 Å². The summed E-state index contributed by atoms with van der Waals surface area (Å²) in [4.78, 5) is 37.8. The smallest absolute Gasteiger partial charge is 0.410 e. The fourth-order valence-corrected chi connectivity index (χ4v) is 4.08. The van der Waals surface area contributed by atoms with Crippen LogP contribution in [0.5, 0.6) is 0 Å². The van der Waals surface area contributed by atoms with Crippen molar-refractivity contribution in [2.45, 2.75) is 149 Å². The van der Waals surface area contributed by atoms with Gasteiger partial charge >= 0.3 is 18.0 Å². The summed E-state index contributed by atoms with van der Waals surface area (Å²) in [6.07, 6.45) is 21.0. The molecule has 240 valence electrons. The van der Waals surface area contributed by atoms with Crippen LogP contribution in [-0.4, -0.2) is 55.8 Å². The minimum absolute atomic E-state index is 0.251. The molecule has 0 aliphatic rings. The molecule has 0 aliphatic carbocycles. The Labute approximate surface area is 257 Å². The molecule has 42 heavy (non-hydrogen) atoms. The van der Waals surface area contributed by atoms with Crippen molar-refractivity contribution in [3.63, 3.8) is 0 Å². The standard InChI is InChI=1S/C35H59NO6/c1-4-7-10-11-12-13-14-15-16-17-18-19-20-21-22-23-24-25-26-27-30-42-35(39)36(31-33(37)40-28-8-5-2)32-34(38)41-29-9-6-3/h4-15,20-32H2,1-3H3. The molecule has 0 unspecified atom stereocenters. The molecule has 0 heterocycles. The lowest BCUT2D eigenvalue weighted by Crippen LogP contribution is -2.41. The van der Waals surface area contributed by atoms with Crippen molar-refractivity contribution < 1.29 is 28.6 Å². The van der Waals surface area contributed by atoms with Crippen molar-refractivity contribution in [1.29, 1.82) is 0 Å². The van der Waals surface area contributed by atoms with Gasteiger partial charge in [-0.15, -0.1) is 0 Å². The summed E-state index contributed by atoms with van der Waals surface area (Å²) >= 11 is 0. The molecule has 0 saturated carbocycles. The van der Waals surface area contributed by atoms with Crippen molar-refractivity contribution in [2.75, 3.05) is 32.9 Å². The number of ether oxygens (including phenoxy) is 3. The van der Waals surface area contributed by atoms with Gasteiger partial charge in [0.15, 0.2) is 0 Å². The van der Waals surface area contributed by atoms with E-state index in [1.54, 1.807) is 0 Å². The average Bonchev–Trinajstić information content (AvgIpc) is 2.97. The normalized spacial score (nSPS) is 10.2. The van der Waals surface area contributed by atoms with E-state index < -0.39 is 18.0 Å². The zero-order valence-electron chi connectivity index (χ0n) is 27.1. The molecule has 0 radical (unpaired) electrons. The van der Waals surface area contributed by atoms with Crippen molar-refractivity contribution in [3.8, 4) is 23.7 Å². The zero-order valence-corrected chi connectivity index (χ0v) is 27.1. The summed E-state index contributed by atoms with van der Waals surface area (Å²) in [5.74, 6) is 11.2. The van der Waals surface area contributed by atoms with Crippen molar-refractivity contribution in [3.05, 3.63) is 0 Å². The molecular weight excluding hydrogens is 530 g/mol. The van der Waals surface area contributed by atoms with Gasteiger partial charge in [-0.05, 0) is 43.9 Å². The van der Waals surface area contributed by atoms with Crippen LogP contribution in [0, 0.1) is 23.7 Å². The van der Waals surface area contributed by atoms with E-state index >= 15 is 0 Å². The molecule has 7 heteroatoms. The van der Waals surface area contributed by atoms with Gasteiger partial charge in [-0.25, -0.2) is 4.79 Å². The van der Waals surface area contributed by atoms with Gasteiger partial charge < -0.3 is 14.2 Å². The Morgan fingerprint density at radius 3 is 1.31 bits per heavy atom. The average molecular weight is 590 g/mol. The van der Waals surface area contributed by atoms with Crippen LogP contribution in [0.4, 0.5) is 4.79 Å². The Bertz CT molecular complexity index is 780. The monoisotopic (exact) mass is 589 g/mol. The van der Waals surface area contributed by atoms with Gasteiger partial charge in [-0.2, -0.15) is 0 Å². The maximum Gasteiger partial charge on any atom is 0.410 e. The lowest BCUT2D eigenvalue weighted by molar-refractivity contribution is -0.148. The molecule has 0 saturated heterocycles. The van der Waals surface area contributed by atoms with Gasteiger partial charge in [0.25, 0.3) is 0 Å². The minimum Gasteiger partial charge on any atom is -0.464 e. The quantitative estimate of drug-likeness (QED) is 0.0436. The molecule has 0 aromatic rings. The Morgan fingerprint density at radius 1 is 0.476 bits per heavy atom. The number of carbonyl (C=O) groups excluding carboxylic acids is 3. The second kappa shape index (κ2) is 31.3. The number of rotatable bonds is 26. The van der Waals surface area contributed by atoms with Crippen LogP contribution in [0.3, 0.4) is 0 Å². The van der Waals surface area contributed by atoms with Crippen LogP contribution in [0.15, 0.2) is 0 Å². The molecule has 0 aromatic carbocycles. The van der Waals surface area contributed by atoms with Gasteiger partial charge in [-0.1, -0.05) is 116 Å². The van der Waals surface area contributed by atoms with Crippen LogP contribution in [0.25, 0.3) is 0 Å². The number of nitrogens with zero attached hydrogens (tertiary/aromatic N) is 1. The second-order valence-electron chi connectivity index (χ2n) is 10.8. The molecule has 0 N–H and O–H groups in total. The molecule has 0 aromatic heterocycles. The summed E-state index contributed by atoms with van der Waals surface area (Å²) in [6.45, 7) is 6.41. The molecule has 1 amide bonds. The highest BCUT2D eigenvalue weighted by Gasteiger charge is 2.23. The highest BCUT2D eigenvalue weighted by Crippen LogP contribution is 2.10. The molecule has 0 bridgehead atoms. The van der Waals surface area contributed by atoms with E-state index in [0.29, 0.717) is 13.2 Å². The van der Waals surface area contributed by atoms with E-state index in [4.69, 9.17) is 14.2 Å². The van der Waals surface area contributed by atoms with Gasteiger partial charge in [0.2, 0.25) is 0 Å². The zero-order chi connectivity index (χ0) is 30.9. The van der Waals surface area contributed by atoms with Crippen LogP contribution in [-0.2, 0) is 23.8 Å². The number of hydrogen-bond donors (Lipinski definition) is 0. The van der Waals surface area contributed by atoms with Gasteiger partial charge in [0, 0.05) is 12.8 Å². The van der Waals surface area contributed by atoms with E-state index in [2.05, 4.69) is 30.6 Å². The Balaban J connectivity index is 3.96. The molecule has 0 spiro atoms. The third kappa shape index (κ3) is 27.5. The third-order valence-corrected chi connectivity index (χ3v) is 6.74. The maximum absolute atomic E-state index is 12.5. The predicted molar refractivity (Wildman–Crippen MR) is 170 cm³/mol. The van der Waals surface area contributed by atoms with E-state index in [0.717, 1.165) is 81.9 Å². The number of amides is 1. The highest BCUT2D eigenvalue weighted by molar-refractivity contribution is 5.82. The van der Waals surface area contributed by atoms with E-state index in [1.165, 1.54) is 51.4 Å². The highest BCUT2D eigenvalue weighted by atomic mass is 16.6. The molecule has 0 rings (SSSR count). The molecule has 7 nitrogen and oxygen atoms in total. The second-order valence-corrected chi connectivity index (χ2v) is 10.8. The van der Waals surface area contributed by atoms with Crippen LogP contribution in [0.1, 0.15) is 149 Å². The van der Waals surface area contributed by atoms with E-state index in [-0.39, 0.29) is 19.7 Å². The van der Waals surface area contributed by atoms with Gasteiger partial charge in [0.1, 0.15) is 13.1 Å². The number of unbranched alkanes of at least 4 members (excludes halogenated alkanes) is 16. The fraction of sp³-hybridized carbons (Fsp3) is 0.800. The SMILES string of the molecule is CCCCCCCCCC#CC#CCCCCCCCCCOC(=O)N(CC(=O)OCCCC)CC(=O)OCCCC. The molecule has 0 fully saturated rings. The van der Waals surface area contributed by atoms with Crippen LogP contribution >= 0.6 is 0 Å². The summed E-state index contributed by atoms with van der Waals surface area (Å²) in [5.41, 5.74) is 0. The van der Waals surface area contributed by atoms with Gasteiger partial charge in [-0.3, -0.25) is 14.5 Å². The summed E-state index contributed by atoms with van der Waals surface area (Å²) < 4.78 is 15.6. The molecule has 0 atom stereocenters. The summed E-state index contributed by atoms with van der Waals surface area (Å²) in [6, 6.07) is 0. The fourth-order valence-electron chi connectivity index (χ4n) is 4.08. The van der Waals surface area contributed by atoms with E-state index in [1.807, 2.05) is 13.8 Å². The number of carbonyl (C=O) groups is 3. The topological polar surface area (TPSA) is 82.1 Å². The van der Waals surface area contributed by atoms with Crippen LogP contribution < -0.4 is 0 Å². The Hall–Kier alpha value is -2.67. The van der Waals surface area contributed by atoms with Gasteiger partial charge in [0.05, 0.1) is 19.8 Å². The van der Waals surface area contributed by atoms with Crippen molar-refractivity contribution in [2.24, 2.45) is 0 Å². The van der Waals surface area contributed by atoms with E-state index in [9.17, 15) is 14.4 Å². The maximum atomic E-state index is 12.5. The van der Waals surface area contributed by atoms with Crippen molar-refractivity contribution in [1.82, 2.24) is 4.90 Å². The third-order valence-electron chi connectivity index (χ3n) is 6.74. The lowest BCUT2D eigenvalue weighted by Gasteiger charge is -2.20. The first-order valence-corrected chi connectivity index (χ1v) is 16.7. The lowest BCUT2D eigenvalue weighted by atomic mass is 10.1. The Kier molecular flexibility index (Phi) is 29.3. The summed E-state index contributed by atoms with van der Waals surface area (Å²) in [7, 11) is 0. The van der Waals surface area contributed by atoms with Crippen LogP contribution in [0.2, 0.25) is 0 Å². The largest absolute Gasteiger partial charge is 0.464 e. The number of esters is 2. The number of hydrogen-bond acceptors (Lipinski definition) is 6. The molecular formula is C35H59NO6. The first-order chi connectivity index (χ1) is 20.5. The first-order valence-electron chi connectivity index (χ1n) is 16.7.